The van der Waals surface area contributed by atoms with E-state index in [4.69, 9.17) is 5.73 Å². The lowest BCUT2D eigenvalue weighted by molar-refractivity contribution is -0.117. The predicted molar refractivity (Wildman–Crippen MR) is 75.8 cm³/mol. The molecular formula is C13H18N2O2S. The molecule has 1 aliphatic rings. The maximum atomic E-state index is 11.9. The molecule has 4 nitrogen and oxygen atoms in total. The Morgan fingerprint density at radius 3 is 2.83 bits per heavy atom. The number of nitrogens with one attached hydrogen (secondary N) is 1. The fourth-order valence-corrected chi connectivity index (χ4v) is 3.28. The first-order valence-electron chi connectivity index (χ1n) is 6.11. The van der Waals surface area contributed by atoms with Crippen LogP contribution >= 0.6 is 11.8 Å². The van der Waals surface area contributed by atoms with E-state index in [1.54, 1.807) is 6.07 Å². The number of aromatic hydroxyl groups is 1. The van der Waals surface area contributed by atoms with Crippen LogP contribution < -0.4 is 11.1 Å². The highest BCUT2D eigenvalue weighted by Gasteiger charge is 2.17. The van der Waals surface area contributed by atoms with Gasteiger partial charge in [0, 0.05) is 12.5 Å². The van der Waals surface area contributed by atoms with Crippen molar-refractivity contribution in [2.24, 2.45) is 5.92 Å². The second kappa shape index (κ2) is 6.00. The summed E-state index contributed by atoms with van der Waals surface area (Å²) in [6.07, 6.45) is 2.78. The van der Waals surface area contributed by atoms with E-state index < -0.39 is 0 Å². The monoisotopic (exact) mass is 266 g/mol. The number of benzene rings is 1. The molecule has 0 radical (unpaired) electrons. The molecule has 0 saturated carbocycles. The number of carbonyl (C=O) groups excluding carboxylic acids is 1. The number of nitrogen functional groups attached to an aromatic ring is 1. The summed E-state index contributed by atoms with van der Waals surface area (Å²) >= 11 is 1.95. The van der Waals surface area contributed by atoms with Crippen LogP contribution in [0.5, 0.6) is 5.75 Å². The van der Waals surface area contributed by atoms with Gasteiger partial charge in [-0.2, -0.15) is 11.8 Å². The second-order valence-corrected chi connectivity index (χ2v) is 5.80. The highest BCUT2D eigenvalue weighted by molar-refractivity contribution is 7.99. The maximum absolute atomic E-state index is 11.9. The Morgan fingerprint density at radius 2 is 2.17 bits per heavy atom. The molecule has 1 fully saturated rings. The molecule has 1 aromatic carbocycles. The largest absolute Gasteiger partial charge is 0.508 e. The molecule has 1 amide bonds. The summed E-state index contributed by atoms with van der Waals surface area (Å²) in [7, 11) is 0. The third-order valence-corrected chi connectivity index (χ3v) is 4.17. The molecule has 4 N–H and O–H groups in total. The van der Waals surface area contributed by atoms with E-state index in [-0.39, 0.29) is 11.7 Å². The molecule has 2 rings (SSSR count). The van der Waals surface area contributed by atoms with Crippen molar-refractivity contribution in [3.63, 3.8) is 0 Å². The molecule has 1 aromatic rings. The van der Waals surface area contributed by atoms with Gasteiger partial charge in [-0.05, 0) is 42.4 Å². The Bertz CT molecular complexity index is 431. The van der Waals surface area contributed by atoms with E-state index in [0.29, 0.717) is 23.7 Å². The number of thioether (sulfide) groups is 1. The molecule has 0 aliphatic carbocycles. The summed E-state index contributed by atoms with van der Waals surface area (Å²) in [6.45, 7) is 0. The van der Waals surface area contributed by atoms with E-state index >= 15 is 0 Å². The topological polar surface area (TPSA) is 75.3 Å². The van der Waals surface area contributed by atoms with Crippen LogP contribution in [0.2, 0.25) is 0 Å². The molecule has 0 aromatic heterocycles. The number of rotatable bonds is 3. The summed E-state index contributed by atoms with van der Waals surface area (Å²) in [5, 5.41) is 12.0. The van der Waals surface area contributed by atoms with Crippen LogP contribution in [-0.4, -0.2) is 22.5 Å². The molecule has 5 heteroatoms. The Labute approximate surface area is 111 Å². The van der Waals surface area contributed by atoms with E-state index in [9.17, 15) is 9.90 Å². The van der Waals surface area contributed by atoms with Crippen LogP contribution in [0.1, 0.15) is 19.3 Å². The molecule has 1 saturated heterocycles. The summed E-state index contributed by atoms with van der Waals surface area (Å²) in [5.41, 5.74) is 6.69. The standard InChI is InChI=1S/C13H18N2O2S/c14-11-8-10(16)1-2-12(11)15-13(17)7-9-3-5-18-6-4-9/h1-2,8-9,16H,3-7,14H2,(H,15,17). The normalized spacial score (nSPS) is 16.4. The Morgan fingerprint density at radius 1 is 1.44 bits per heavy atom. The van der Waals surface area contributed by atoms with Crippen molar-refractivity contribution in [3.05, 3.63) is 18.2 Å². The van der Waals surface area contributed by atoms with E-state index in [1.807, 2.05) is 11.8 Å². The average Bonchev–Trinajstić information content (AvgIpc) is 2.34. The summed E-state index contributed by atoms with van der Waals surface area (Å²) in [5.74, 6) is 2.90. The number of carbonyl (C=O) groups is 1. The van der Waals surface area contributed by atoms with Crippen molar-refractivity contribution in [2.75, 3.05) is 22.6 Å². The zero-order valence-electron chi connectivity index (χ0n) is 10.2. The Balaban J connectivity index is 1.90. The number of phenols is 1. The minimum atomic E-state index is 0.00397. The molecule has 98 valence electrons. The average molecular weight is 266 g/mol. The van der Waals surface area contributed by atoms with Gasteiger partial charge in [0.25, 0.3) is 0 Å². The first-order chi connectivity index (χ1) is 8.65. The summed E-state index contributed by atoms with van der Waals surface area (Å²) < 4.78 is 0. The van der Waals surface area contributed by atoms with Crippen LogP contribution in [0.25, 0.3) is 0 Å². The van der Waals surface area contributed by atoms with Crippen molar-refractivity contribution in [1.29, 1.82) is 0 Å². The number of amides is 1. The molecular weight excluding hydrogens is 248 g/mol. The lowest BCUT2D eigenvalue weighted by Crippen LogP contribution is -2.20. The van der Waals surface area contributed by atoms with Gasteiger partial charge in [0.05, 0.1) is 11.4 Å². The van der Waals surface area contributed by atoms with Crippen LogP contribution in [0.4, 0.5) is 11.4 Å². The predicted octanol–water partition coefficient (Wildman–Crippen LogP) is 2.45. The van der Waals surface area contributed by atoms with E-state index in [2.05, 4.69) is 5.32 Å². The van der Waals surface area contributed by atoms with Gasteiger partial charge in [-0.1, -0.05) is 0 Å². The minimum Gasteiger partial charge on any atom is -0.508 e. The van der Waals surface area contributed by atoms with Crippen molar-refractivity contribution in [1.82, 2.24) is 0 Å². The van der Waals surface area contributed by atoms with Gasteiger partial charge in [-0.25, -0.2) is 0 Å². The van der Waals surface area contributed by atoms with Crippen LogP contribution in [0.3, 0.4) is 0 Å². The fraction of sp³-hybridized carbons (Fsp3) is 0.462. The molecule has 1 aliphatic heterocycles. The van der Waals surface area contributed by atoms with Gasteiger partial charge in [-0.3, -0.25) is 4.79 Å². The third-order valence-electron chi connectivity index (χ3n) is 3.12. The zero-order chi connectivity index (χ0) is 13.0. The maximum Gasteiger partial charge on any atom is 0.224 e. The number of nitrogens with two attached hydrogens (primary N) is 1. The SMILES string of the molecule is Nc1cc(O)ccc1NC(=O)CC1CCSCC1. The Hall–Kier alpha value is -1.36. The van der Waals surface area contributed by atoms with Crippen LogP contribution in [0, 0.1) is 5.92 Å². The molecule has 0 unspecified atom stereocenters. The molecule has 18 heavy (non-hydrogen) atoms. The number of phenolic OH excluding ortho intramolecular Hbond substituents is 1. The molecule has 1 heterocycles. The lowest BCUT2D eigenvalue weighted by Gasteiger charge is -2.20. The van der Waals surface area contributed by atoms with Gasteiger partial charge < -0.3 is 16.2 Å². The third kappa shape index (κ3) is 3.57. The number of anilines is 2. The van der Waals surface area contributed by atoms with Gasteiger partial charge in [0.15, 0.2) is 0 Å². The summed E-state index contributed by atoms with van der Waals surface area (Å²) in [6, 6.07) is 4.58. The van der Waals surface area contributed by atoms with Crippen molar-refractivity contribution >= 4 is 29.0 Å². The van der Waals surface area contributed by atoms with Crippen molar-refractivity contribution in [2.45, 2.75) is 19.3 Å². The summed E-state index contributed by atoms with van der Waals surface area (Å²) in [4.78, 5) is 11.9. The quantitative estimate of drug-likeness (QED) is 0.580. The molecule has 0 atom stereocenters. The van der Waals surface area contributed by atoms with Gasteiger partial charge in [0.2, 0.25) is 5.91 Å². The molecule has 0 spiro atoms. The highest BCUT2D eigenvalue weighted by atomic mass is 32.2. The fourth-order valence-electron chi connectivity index (χ4n) is 2.08. The van der Waals surface area contributed by atoms with Gasteiger partial charge >= 0.3 is 0 Å². The van der Waals surface area contributed by atoms with Gasteiger partial charge in [-0.15, -0.1) is 0 Å². The van der Waals surface area contributed by atoms with Crippen LogP contribution in [0.15, 0.2) is 18.2 Å². The first kappa shape index (κ1) is 13.1. The molecule has 0 bridgehead atoms. The van der Waals surface area contributed by atoms with Gasteiger partial charge in [0.1, 0.15) is 5.75 Å². The van der Waals surface area contributed by atoms with E-state index in [0.717, 1.165) is 24.3 Å². The minimum absolute atomic E-state index is 0.00397. The van der Waals surface area contributed by atoms with Crippen molar-refractivity contribution in [3.8, 4) is 5.75 Å². The second-order valence-electron chi connectivity index (χ2n) is 4.58. The number of hydrogen-bond donors (Lipinski definition) is 3. The first-order valence-corrected chi connectivity index (χ1v) is 7.26. The van der Waals surface area contributed by atoms with Crippen molar-refractivity contribution < 1.29 is 9.90 Å². The number of hydrogen-bond acceptors (Lipinski definition) is 4. The zero-order valence-corrected chi connectivity index (χ0v) is 11.0. The van der Waals surface area contributed by atoms with Crippen LogP contribution in [-0.2, 0) is 4.79 Å². The smallest absolute Gasteiger partial charge is 0.224 e. The van der Waals surface area contributed by atoms with E-state index in [1.165, 1.54) is 12.1 Å². The Kier molecular flexibility index (Phi) is 4.36. The lowest BCUT2D eigenvalue weighted by atomic mass is 9.98. The highest BCUT2D eigenvalue weighted by Crippen LogP contribution is 2.27.